The van der Waals surface area contributed by atoms with Gasteiger partial charge >= 0.3 is 0 Å². The number of aromatic amines is 1. The molecule has 9 heteroatoms. The van der Waals surface area contributed by atoms with Crippen LogP contribution < -0.4 is 16.0 Å². The lowest BCUT2D eigenvalue weighted by atomic mass is 9.93. The number of hydrogen-bond donors (Lipinski definition) is 4. The zero-order chi connectivity index (χ0) is 36.4. The van der Waals surface area contributed by atoms with Crippen molar-refractivity contribution in [3.8, 4) is 11.1 Å². The van der Waals surface area contributed by atoms with Crippen LogP contribution in [0.15, 0.2) is 115 Å². The van der Waals surface area contributed by atoms with Crippen LogP contribution in [-0.2, 0) is 43.2 Å². The van der Waals surface area contributed by atoms with Crippen LogP contribution in [0.25, 0.3) is 27.6 Å². The van der Waals surface area contributed by atoms with Gasteiger partial charge in [-0.05, 0) is 72.2 Å². The third-order valence-electron chi connectivity index (χ3n) is 10.2. The van der Waals surface area contributed by atoms with Gasteiger partial charge in [-0.1, -0.05) is 97.1 Å². The Labute approximate surface area is 302 Å². The van der Waals surface area contributed by atoms with E-state index in [2.05, 4.69) is 20.9 Å². The van der Waals surface area contributed by atoms with Gasteiger partial charge in [0.05, 0.1) is 12.6 Å². The quantitative estimate of drug-likeness (QED) is 0.121. The van der Waals surface area contributed by atoms with Crippen molar-refractivity contribution < 1.29 is 23.9 Å². The molecule has 7 rings (SSSR count). The summed E-state index contributed by atoms with van der Waals surface area (Å²) < 4.78 is 5.51. The van der Waals surface area contributed by atoms with Crippen LogP contribution in [0.4, 0.5) is 0 Å². The fraction of sp³-hybridized carbons (Fsp3) is 0.256. The molecule has 5 aromatic rings. The third-order valence-corrected chi connectivity index (χ3v) is 10.2. The molecule has 2 heterocycles. The van der Waals surface area contributed by atoms with Gasteiger partial charge in [-0.25, -0.2) is 0 Å². The second kappa shape index (κ2) is 14.4. The first-order valence-electron chi connectivity index (χ1n) is 17.7. The topological polar surface area (TPSA) is 133 Å². The highest BCUT2D eigenvalue weighted by Crippen LogP contribution is 2.32. The van der Waals surface area contributed by atoms with Crippen molar-refractivity contribution in [1.29, 1.82) is 0 Å². The number of fused-ring (bicyclic) bond motifs is 2. The maximum absolute atomic E-state index is 14.2. The number of carbonyl (C=O) groups is 4. The van der Waals surface area contributed by atoms with E-state index < -0.39 is 35.5 Å². The number of epoxide rings is 1. The van der Waals surface area contributed by atoms with Crippen molar-refractivity contribution in [2.45, 2.75) is 63.8 Å². The summed E-state index contributed by atoms with van der Waals surface area (Å²) in [6.45, 7) is 5.51. The molecule has 1 saturated heterocycles. The lowest BCUT2D eigenvalue weighted by molar-refractivity contribution is -0.133. The second-order valence-corrected chi connectivity index (χ2v) is 14.0. The molecule has 4 N–H and O–H groups in total. The first kappa shape index (κ1) is 34.6. The molecule has 4 atom stereocenters. The van der Waals surface area contributed by atoms with Crippen LogP contribution in [0.2, 0.25) is 0 Å². The smallest absolute Gasteiger partial charge is 0.248 e. The molecule has 0 bridgehead atoms. The van der Waals surface area contributed by atoms with Crippen molar-refractivity contribution in [2.24, 2.45) is 0 Å². The average Bonchev–Trinajstić information content (AvgIpc) is 3.65. The molecule has 0 radical (unpaired) electrons. The minimum Gasteiger partial charge on any atom is -0.361 e. The molecule has 0 saturated carbocycles. The molecule has 1 aliphatic carbocycles. The number of Topliss-reactive ketones (excluding diaryl/α,β-unsaturated/α-hetero) is 1. The molecule has 2 aliphatic rings. The van der Waals surface area contributed by atoms with Crippen LogP contribution in [0.3, 0.4) is 0 Å². The number of H-pyrrole nitrogens is 1. The summed E-state index contributed by atoms with van der Waals surface area (Å²) in [5.41, 5.74) is 7.33. The molecule has 1 aromatic heterocycles. The monoisotopic (exact) mass is 694 g/mol. The predicted molar refractivity (Wildman–Crippen MR) is 201 cm³/mol. The Morgan fingerprint density at radius 1 is 0.769 bits per heavy atom. The van der Waals surface area contributed by atoms with Crippen molar-refractivity contribution in [3.05, 3.63) is 137 Å². The predicted octanol–water partition coefficient (Wildman–Crippen LogP) is 5.48. The molecule has 0 spiro atoms. The SMILES string of the molecule is CC1=C(C(=O)N[C@H](C)C(=O)N[C@@H](Cc2c[nH]c3ccccc23)C(=O)N[C@@H](Cc2ccc(-c3ccccc3)cc2)C(=O)[C@@]2(C)CO2)Cc2ccccc21. The average molecular weight is 695 g/mol. The van der Waals surface area contributed by atoms with Gasteiger partial charge in [0.15, 0.2) is 5.78 Å². The lowest BCUT2D eigenvalue weighted by Crippen LogP contribution is -2.57. The van der Waals surface area contributed by atoms with Crippen LogP contribution in [0.5, 0.6) is 0 Å². The van der Waals surface area contributed by atoms with E-state index in [1.54, 1.807) is 13.8 Å². The van der Waals surface area contributed by atoms with Crippen LogP contribution in [0, 0.1) is 0 Å². The van der Waals surface area contributed by atoms with Gasteiger partial charge in [0.2, 0.25) is 17.7 Å². The van der Waals surface area contributed by atoms with E-state index in [4.69, 9.17) is 4.74 Å². The summed E-state index contributed by atoms with van der Waals surface area (Å²) >= 11 is 0. The maximum atomic E-state index is 14.2. The zero-order valence-electron chi connectivity index (χ0n) is 29.5. The molecule has 1 fully saturated rings. The van der Waals surface area contributed by atoms with Crippen molar-refractivity contribution in [3.63, 3.8) is 0 Å². The summed E-state index contributed by atoms with van der Waals surface area (Å²) in [6.07, 6.45) is 2.71. The lowest BCUT2D eigenvalue weighted by Gasteiger charge is -2.25. The number of hydrogen-bond acceptors (Lipinski definition) is 5. The Morgan fingerprint density at radius 2 is 1.42 bits per heavy atom. The number of aromatic nitrogens is 1. The summed E-state index contributed by atoms with van der Waals surface area (Å²) in [4.78, 5) is 58.3. The normalized spacial score (nSPS) is 17.9. The van der Waals surface area contributed by atoms with E-state index in [1.165, 1.54) is 0 Å². The van der Waals surface area contributed by atoms with Gasteiger partial charge in [-0.15, -0.1) is 0 Å². The Balaban J connectivity index is 1.10. The third kappa shape index (κ3) is 7.31. The van der Waals surface area contributed by atoms with E-state index >= 15 is 0 Å². The van der Waals surface area contributed by atoms with Gasteiger partial charge in [-0.2, -0.15) is 0 Å². The Morgan fingerprint density at radius 3 is 2.15 bits per heavy atom. The standard InChI is InChI=1S/C43H42N4O5/c1-26-33-14-8-7-13-31(33)22-35(26)41(50)45-27(2)40(49)47-38(23-32-24-44-36-16-10-9-15-34(32)36)42(51)46-37(39(48)43(3)25-52-43)21-28-17-19-30(20-18-28)29-11-5-4-6-12-29/h4-20,24,27,37-38,44H,21-23,25H2,1-3H3,(H,45,50)(H,46,51)(H,47,49)/t27-,37+,38+,43-/m1/s1. The maximum Gasteiger partial charge on any atom is 0.248 e. The summed E-state index contributed by atoms with van der Waals surface area (Å²) in [5, 5.41) is 9.63. The first-order valence-corrected chi connectivity index (χ1v) is 17.7. The molecule has 1 aliphatic heterocycles. The number of ether oxygens (including phenoxy) is 1. The molecule has 0 unspecified atom stereocenters. The number of para-hydroxylation sites is 1. The minimum atomic E-state index is -1.05. The highest BCUT2D eigenvalue weighted by Gasteiger charge is 2.50. The van der Waals surface area contributed by atoms with E-state index in [0.717, 1.165) is 49.9 Å². The Hall–Kier alpha value is -5.80. The second-order valence-electron chi connectivity index (χ2n) is 14.0. The Bertz CT molecular complexity index is 2180. The number of benzene rings is 4. The highest BCUT2D eigenvalue weighted by atomic mass is 16.6. The fourth-order valence-corrected chi connectivity index (χ4v) is 6.95. The minimum absolute atomic E-state index is 0.155. The van der Waals surface area contributed by atoms with Crippen LogP contribution in [0.1, 0.15) is 43.0 Å². The van der Waals surface area contributed by atoms with Crippen molar-refractivity contribution in [1.82, 2.24) is 20.9 Å². The summed E-state index contributed by atoms with van der Waals surface area (Å²) in [5.74, 6) is -1.58. The van der Waals surface area contributed by atoms with Gasteiger partial charge in [0.1, 0.15) is 17.7 Å². The highest BCUT2D eigenvalue weighted by molar-refractivity contribution is 6.05. The van der Waals surface area contributed by atoms with Crippen molar-refractivity contribution in [2.75, 3.05) is 6.61 Å². The molecule has 4 aromatic carbocycles. The van der Waals surface area contributed by atoms with E-state index in [0.29, 0.717) is 12.0 Å². The first-order chi connectivity index (χ1) is 25.1. The number of carbonyl (C=O) groups excluding carboxylic acids is 4. The summed E-state index contributed by atoms with van der Waals surface area (Å²) in [6, 6.07) is 30.6. The number of amides is 3. The number of allylic oxidation sites excluding steroid dienone is 1. The van der Waals surface area contributed by atoms with Gasteiger partial charge in [0, 0.05) is 35.5 Å². The molecule has 52 heavy (non-hydrogen) atoms. The fourth-order valence-electron chi connectivity index (χ4n) is 6.95. The molecular weight excluding hydrogens is 652 g/mol. The van der Waals surface area contributed by atoms with Gasteiger partial charge in [-0.3, -0.25) is 19.2 Å². The Kier molecular flexibility index (Phi) is 9.62. The largest absolute Gasteiger partial charge is 0.361 e. The number of ketones is 1. The summed E-state index contributed by atoms with van der Waals surface area (Å²) in [7, 11) is 0. The number of rotatable bonds is 13. The molecule has 9 nitrogen and oxygen atoms in total. The molecule has 3 amide bonds. The van der Waals surface area contributed by atoms with E-state index in [-0.39, 0.29) is 31.1 Å². The number of nitrogens with one attached hydrogen (secondary N) is 4. The van der Waals surface area contributed by atoms with Crippen LogP contribution >= 0.6 is 0 Å². The van der Waals surface area contributed by atoms with Gasteiger partial charge < -0.3 is 25.7 Å². The van der Waals surface area contributed by atoms with E-state index in [9.17, 15) is 19.2 Å². The zero-order valence-corrected chi connectivity index (χ0v) is 29.5. The van der Waals surface area contributed by atoms with E-state index in [1.807, 2.05) is 116 Å². The van der Waals surface area contributed by atoms with Gasteiger partial charge in [0.25, 0.3) is 0 Å². The van der Waals surface area contributed by atoms with Crippen molar-refractivity contribution >= 4 is 40.0 Å². The molecular formula is C43H42N4O5. The van der Waals surface area contributed by atoms with Crippen LogP contribution in [-0.4, -0.2) is 58.8 Å². The molecule has 264 valence electrons.